The average Bonchev–Trinajstić information content (AvgIpc) is 2.93. The van der Waals surface area contributed by atoms with E-state index in [9.17, 15) is 9.90 Å². The van der Waals surface area contributed by atoms with E-state index in [0.717, 1.165) is 17.1 Å². The van der Waals surface area contributed by atoms with Gasteiger partial charge in [0.25, 0.3) is 0 Å². The van der Waals surface area contributed by atoms with Crippen molar-refractivity contribution in [2.24, 2.45) is 11.8 Å². The quantitative estimate of drug-likeness (QED) is 0.596. The van der Waals surface area contributed by atoms with E-state index in [2.05, 4.69) is 45.2 Å². The van der Waals surface area contributed by atoms with Gasteiger partial charge in [-0.2, -0.15) is 0 Å². The topological polar surface area (TPSA) is 49.3 Å². The Morgan fingerprint density at radius 2 is 2.08 bits per heavy atom. The van der Waals surface area contributed by atoms with Gasteiger partial charge in [-0.1, -0.05) is 56.3 Å². The Balaban J connectivity index is 1.92. The summed E-state index contributed by atoms with van der Waals surface area (Å²) in [4.78, 5) is 11.8. The lowest BCUT2D eigenvalue weighted by Gasteiger charge is -2.21. The molecule has 1 fully saturated rings. The van der Waals surface area contributed by atoms with E-state index in [1.807, 2.05) is 42.1 Å². The molecule has 1 heterocycles. The van der Waals surface area contributed by atoms with Crippen LogP contribution in [0.3, 0.4) is 0 Å². The van der Waals surface area contributed by atoms with Crippen LogP contribution in [-0.2, 0) is 11.2 Å². The van der Waals surface area contributed by atoms with Crippen LogP contribution in [0, 0.1) is 11.8 Å². The first-order valence-corrected chi connectivity index (χ1v) is 11.3. The van der Waals surface area contributed by atoms with Crippen LogP contribution in [-0.4, -0.2) is 38.7 Å². The third kappa shape index (κ3) is 7.01. The van der Waals surface area contributed by atoms with E-state index in [1.165, 1.54) is 0 Å². The molecular formula is C21H31NO2S2. The number of hydrogen-bond donors (Lipinski definition) is 2. The molecule has 1 saturated heterocycles. The lowest BCUT2D eigenvalue weighted by molar-refractivity contribution is -0.136. The fraction of sp³-hybridized carbons (Fsp3) is 0.571. The van der Waals surface area contributed by atoms with Gasteiger partial charge >= 0.3 is 5.97 Å². The smallest absolute Gasteiger partial charge is 0.316 e. The Morgan fingerprint density at radius 3 is 2.62 bits per heavy atom. The highest BCUT2D eigenvalue weighted by Gasteiger charge is 2.29. The molecule has 0 bridgehead atoms. The number of nitrogens with one attached hydrogen (secondary N) is 1. The number of carboxylic acid groups (broad SMARTS) is 1. The second kappa shape index (κ2) is 9.86. The summed E-state index contributed by atoms with van der Waals surface area (Å²) < 4.78 is 0. The molecule has 144 valence electrons. The zero-order valence-corrected chi connectivity index (χ0v) is 17.8. The van der Waals surface area contributed by atoms with Crippen molar-refractivity contribution < 1.29 is 9.90 Å². The van der Waals surface area contributed by atoms with E-state index in [0.29, 0.717) is 24.3 Å². The van der Waals surface area contributed by atoms with Crippen molar-refractivity contribution in [1.29, 1.82) is 0 Å². The van der Waals surface area contributed by atoms with Crippen molar-refractivity contribution in [2.75, 3.05) is 11.5 Å². The minimum absolute atomic E-state index is 0.140. The van der Waals surface area contributed by atoms with Crippen LogP contribution < -0.4 is 5.32 Å². The van der Waals surface area contributed by atoms with Crippen LogP contribution >= 0.6 is 23.5 Å². The molecule has 5 heteroatoms. The average molecular weight is 394 g/mol. The number of allylic oxidation sites excluding steroid dienone is 1. The lowest BCUT2D eigenvalue weighted by Crippen LogP contribution is -2.35. The number of benzene rings is 1. The molecule has 0 spiro atoms. The third-order valence-corrected chi connectivity index (χ3v) is 7.35. The van der Waals surface area contributed by atoms with Crippen LogP contribution in [0.5, 0.6) is 0 Å². The monoisotopic (exact) mass is 393 g/mol. The van der Waals surface area contributed by atoms with Crippen LogP contribution in [0.1, 0.15) is 33.3 Å². The van der Waals surface area contributed by atoms with Gasteiger partial charge in [0.2, 0.25) is 0 Å². The molecule has 26 heavy (non-hydrogen) atoms. The first-order chi connectivity index (χ1) is 12.3. The van der Waals surface area contributed by atoms with Crippen molar-refractivity contribution in [3.05, 3.63) is 48.0 Å². The molecule has 0 aliphatic carbocycles. The highest BCUT2D eigenvalue weighted by molar-refractivity contribution is 8.01. The predicted octanol–water partition coefficient (Wildman–Crippen LogP) is 4.69. The van der Waals surface area contributed by atoms with Crippen molar-refractivity contribution in [1.82, 2.24) is 5.32 Å². The fourth-order valence-electron chi connectivity index (χ4n) is 2.95. The largest absolute Gasteiger partial charge is 0.480 e. The molecule has 1 aliphatic heterocycles. The minimum atomic E-state index is -0.721. The Hall–Kier alpha value is -0.910. The molecule has 1 aromatic rings. The van der Waals surface area contributed by atoms with Crippen molar-refractivity contribution in [3.8, 4) is 0 Å². The molecule has 0 saturated carbocycles. The summed E-state index contributed by atoms with van der Waals surface area (Å²) in [6.45, 7) is 8.84. The maximum atomic E-state index is 11.7. The molecule has 2 N–H and O–H groups in total. The summed E-state index contributed by atoms with van der Waals surface area (Å²) in [6, 6.07) is 10.3. The van der Waals surface area contributed by atoms with Crippen molar-refractivity contribution >= 4 is 29.5 Å². The first kappa shape index (κ1) is 21.4. The number of hydrogen-bond acceptors (Lipinski definition) is 4. The summed E-state index contributed by atoms with van der Waals surface area (Å²) in [7, 11) is 0. The second-order valence-corrected chi connectivity index (χ2v) is 10.6. The van der Waals surface area contributed by atoms with E-state index < -0.39 is 11.2 Å². The van der Waals surface area contributed by atoms with E-state index in [4.69, 9.17) is 0 Å². The molecule has 0 radical (unpaired) electrons. The van der Waals surface area contributed by atoms with Gasteiger partial charge in [-0.25, -0.2) is 0 Å². The standard InChI is InChI=1S/C21H31NO2S2/c1-15(2)17(10-11-18-14-26-21(3,4)22-18)13-25-19(20(23)24)12-16-8-6-5-7-9-16/h5-11,15,17-19,22H,12-14H2,1-4H3,(H,23,24)/b11-10+/t17-,18?,19?/m1/s1. The van der Waals surface area contributed by atoms with Crippen molar-refractivity contribution in [2.45, 2.75) is 50.3 Å². The van der Waals surface area contributed by atoms with E-state index >= 15 is 0 Å². The summed E-state index contributed by atoms with van der Waals surface area (Å²) in [5, 5.41) is 12.8. The number of thioether (sulfide) groups is 2. The zero-order chi connectivity index (χ0) is 19.2. The van der Waals surface area contributed by atoms with Gasteiger partial charge in [-0.15, -0.1) is 23.5 Å². The summed E-state index contributed by atoms with van der Waals surface area (Å²) in [5.41, 5.74) is 1.08. The van der Waals surface area contributed by atoms with Gasteiger partial charge in [-0.3, -0.25) is 10.1 Å². The molecule has 2 unspecified atom stereocenters. The third-order valence-electron chi connectivity index (χ3n) is 4.63. The molecule has 0 aromatic heterocycles. The SMILES string of the molecule is CC(C)[C@H](/C=C/C1CSC(C)(C)N1)CSC(Cc1ccccc1)C(=O)O. The van der Waals surface area contributed by atoms with E-state index in [1.54, 1.807) is 11.8 Å². The van der Waals surface area contributed by atoms with Crippen molar-refractivity contribution in [3.63, 3.8) is 0 Å². The summed E-state index contributed by atoms with van der Waals surface area (Å²) in [5.74, 6) is 2.08. The first-order valence-electron chi connectivity index (χ1n) is 9.25. The molecule has 3 nitrogen and oxygen atoms in total. The van der Waals surface area contributed by atoms with Gasteiger partial charge in [0.1, 0.15) is 5.25 Å². The van der Waals surface area contributed by atoms with Gasteiger partial charge in [-0.05, 0) is 37.7 Å². The van der Waals surface area contributed by atoms with Crippen LogP contribution in [0.15, 0.2) is 42.5 Å². The number of carboxylic acids is 1. The highest BCUT2D eigenvalue weighted by Crippen LogP contribution is 2.30. The maximum Gasteiger partial charge on any atom is 0.316 e. The zero-order valence-electron chi connectivity index (χ0n) is 16.1. The highest BCUT2D eigenvalue weighted by atomic mass is 32.2. The molecule has 1 aliphatic rings. The normalized spacial score (nSPS) is 22.0. The molecular weight excluding hydrogens is 362 g/mol. The number of aliphatic carboxylic acids is 1. The fourth-order valence-corrected chi connectivity index (χ4v) is 5.38. The number of carbonyl (C=O) groups is 1. The number of rotatable bonds is 9. The maximum absolute atomic E-state index is 11.7. The Kier molecular flexibility index (Phi) is 8.11. The summed E-state index contributed by atoms with van der Waals surface area (Å²) >= 11 is 3.51. The van der Waals surface area contributed by atoms with Gasteiger partial charge in [0.05, 0.1) is 4.87 Å². The Labute approximate surface area is 166 Å². The van der Waals surface area contributed by atoms with Crippen LogP contribution in [0.2, 0.25) is 0 Å². The van der Waals surface area contributed by atoms with Crippen LogP contribution in [0.25, 0.3) is 0 Å². The van der Waals surface area contributed by atoms with E-state index in [-0.39, 0.29) is 4.87 Å². The minimum Gasteiger partial charge on any atom is -0.480 e. The lowest BCUT2D eigenvalue weighted by atomic mass is 9.97. The Morgan fingerprint density at radius 1 is 1.38 bits per heavy atom. The Bertz CT molecular complexity index is 601. The molecule has 2 rings (SSSR count). The predicted molar refractivity (Wildman–Crippen MR) is 115 cm³/mol. The molecule has 0 amide bonds. The second-order valence-electron chi connectivity index (χ2n) is 7.71. The summed E-state index contributed by atoms with van der Waals surface area (Å²) in [6.07, 6.45) is 5.14. The van der Waals surface area contributed by atoms with Gasteiger partial charge in [0, 0.05) is 17.5 Å². The van der Waals surface area contributed by atoms with Crippen LogP contribution in [0.4, 0.5) is 0 Å². The molecule has 3 atom stereocenters. The molecule has 1 aromatic carbocycles. The van der Waals surface area contributed by atoms with Gasteiger partial charge in [0.15, 0.2) is 0 Å². The van der Waals surface area contributed by atoms with Gasteiger partial charge < -0.3 is 5.11 Å².